The summed E-state index contributed by atoms with van der Waals surface area (Å²) in [5.74, 6) is -0.535. The van der Waals surface area contributed by atoms with Crippen LogP contribution in [0.2, 0.25) is 0 Å². The van der Waals surface area contributed by atoms with Crippen molar-refractivity contribution >= 4 is 17.3 Å². The number of nitrogens with one attached hydrogen (secondary N) is 2. The van der Waals surface area contributed by atoms with Gasteiger partial charge in [-0.3, -0.25) is 25.8 Å². The number of nitro groups is 1. The van der Waals surface area contributed by atoms with E-state index in [9.17, 15) is 28.1 Å². The molecule has 1 heterocycles. The Morgan fingerprint density at radius 3 is 2.68 bits per heavy atom. The normalized spacial score (nSPS) is 18.0. The Morgan fingerprint density at radius 1 is 1.41 bits per heavy atom. The minimum Gasteiger partial charge on any atom is -0.368 e. The molecule has 1 aliphatic rings. The molecule has 0 saturated carbocycles. The van der Waals surface area contributed by atoms with Gasteiger partial charge in [0.15, 0.2) is 0 Å². The molecular weight excluding hydrogens is 307 g/mol. The second kappa shape index (κ2) is 6.18. The fourth-order valence-corrected chi connectivity index (χ4v) is 1.96. The maximum absolute atomic E-state index is 12.6. The Balaban J connectivity index is 2.13. The van der Waals surface area contributed by atoms with E-state index in [0.29, 0.717) is 25.2 Å². The number of halogens is 3. The molecule has 0 unspecified atom stereocenters. The number of anilines is 1. The second-order valence-electron chi connectivity index (χ2n) is 4.60. The summed E-state index contributed by atoms with van der Waals surface area (Å²) in [5.41, 5.74) is 2.28. The van der Waals surface area contributed by atoms with Crippen LogP contribution in [0.1, 0.15) is 18.4 Å². The lowest BCUT2D eigenvalue weighted by Crippen LogP contribution is -2.38. The van der Waals surface area contributed by atoms with Crippen LogP contribution in [-0.2, 0) is 15.7 Å². The van der Waals surface area contributed by atoms with Crippen LogP contribution in [-0.4, -0.2) is 23.5 Å². The first kappa shape index (κ1) is 16.0. The van der Waals surface area contributed by atoms with Gasteiger partial charge in [-0.05, 0) is 25.0 Å². The molecule has 1 atom stereocenters. The molecule has 0 radical (unpaired) electrons. The molecular formula is C12H12F3N3O4. The highest BCUT2D eigenvalue weighted by molar-refractivity contribution is 5.82. The molecule has 0 bridgehead atoms. The van der Waals surface area contributed by atoms with Gasteiger partial charge in [-0.2, -0.15) is 13.2 Å². The largest absolute Gasteiger partial charge is 0.416 e. The van der Waals surface area contributed by atoms with E-state index in [4.69, 9.17) is 4.74 Å². The number of carbonyl (C=O) groups is 1. The van der Waals surface area contributed by atoms with Gasteiger partial charge in [0.2, 0.25) is 0 Å². The molecule has 2 N–H and O–H groups in total. The van der Waals surface area contributed by atoms with Crippen LogP contribution in [0.3, 0.4) is 0 Å². The molecule has 1 saturated heterocycles. The minimum absolute atomic E-state index is 0.246. The van der Waals surface area contributed by atoms with E-state index in [1.807, 2.05) is 0 Å². The summed E-state index contributed by atoms with van der Waals surface area (Å²) in [6.07, 6.45) is -4.12. The van der Waals surface area contributed by atoms with Gasteiger partial charge in [0.1, 0.15) is 11.8 Å². The fourth-order valence-electron chi connectivity index (χ4n) is 1.96. The lowest BCUT2D eigenvalue weighted by atomic mass is 10.1. The van der Waals surface area contributed by atoms with Gasteiger partial charge in [-0.15, -0.1) is 0 Å². The van der Waals surface area contributed by atoms with Gasteiger partial charge in [0.25, 0.3) is 11.6 Å². The number of hydrazine groups is 1. The number of carbonyl (C=O) groups excluding carboxylic acids is 1. The summed E-state index contributed by atoms with van der Waals surface area (Å²) in [5, 5.41) is 10.9. The highest BCUT2D eigenvalue weighted by Gasteiger charge is 2.33. The first-order valence-electron chi connectivity index (χ1n) is 6.32. The van der Waals surface area contributed by atoms with Crippen LogP contribution in [0.25, 0.3) is 0 Å². The molecule has 120 valence electrons. The maximum atomic E-state index is 12.6. The van der Waals surface area contributed by atoms with Crippen LogP contribution in [0, 0.1) is 10.1 Å². The maximum Gasteiger partial charge on any atom is 0.416 e. The van der Waals surface area contributed by atoms with Crippen LogP contribution in [0.5, 0.6) is 0 Å². The number of hydrogen-bond acceptors (Lipinski definition) is 5. The Kier molecular flexibility index (Phi) is 4.50. The van der Waals surface area contributed by atoms with Crippen molar-refractivity contribution in [1.82, 2.24) is 5.43 Å². The van der Waals surface area contributed by atoms with E-state index in [0.717, 1.165) is 12.5 Å². The third kappa shape index (κ3) is 3.64. The van der Waals surface area contributed by atoms with E-state index in [1.54, 1.807) is 0 Å². The van der Waals surface area contributed by atoms with Gasteiger partial charge in [-0.25, -0.2) is 0 Å². The molecule has 1 aromatic rings. The number of ether oxygens (including phenoxy) is 1. The Bertz CT molecular complexity index is 585. The first-order valence-corrected chi connectivity index (χ1v) is 6.32. The average Bonchev–Trinajstić information content (AvgIpc) is 2.97. The van der Waals surface area contributed by atoms with Crippen molar-refractivity contribution in [2.24, 2.45) is 0 Å². The highest BCUT2D eigenvalue weighted by Crippen LogP contribution is 2.34. The van der Waals surface area contributed by atoms with E-state index in [-0.39, 0.29) is 5.69 Å². The van der Waals surface area contributed by atoms with Crippen LogP contribution >= 0.6 is 0 Å². The van der Waals surface area contributed by atoms with Crippen molar-refractivity contribution in [3.63, 3.8) is 0 Å². The number of rotatable bonds is 4. The van der Waals surface area contributed by atoms with Gasteiger partial charge in [0.05, 0.1) is 10.5 Å². The quantitative estimate of drug-likeness (QED) is 0.656. The molecule has 1 aliphatic heterocycles. The van der Waals surface area contributed by atoms with Gasteiger partial charge in [0, 0.05) is 12.7 Å². The van der Waals surface area contributed by atoms with E-state index >= 15 is 0 Å². The number of alkyl halides is 3. The molecule has 1 aromatic carbocycles. The van der Waals surface area contributed by atoms with Crippen molar-refractivity contribution in [3.05, 3.63) is 33.9 Å². The summed E-state index contributed by atoms with van der Waals surface area (Å²) >= 11 is 0. The summed E-state index contributed by atoms with van der Waals surface area (Å²) in [4.78, 5) is 21.6. The van der Waals surface area contributed by atoms with Crippen molar-refractivity contribution in [2.45, 2.75) is 25.1 Å². The zero-order valence-corrected chi connectivity index (χ0v) is 11.1. The van der Waals surface area contributed by atoms with Crippen molar-refractivity contribution in [2.75, 3.05) is 12.0 Å². The Labute approximate surface area is 122 Å². The predicted octanol–water partition coefficient (Wildman–Crippen LogP) is 2.24. The van der Waals surface area contributed by atoms with E-state index in [2.05, 4.69) is 10.9 Å². The number of amides is 1. The monoisotopic (exact) mass is 319 g/mol. The van der Waals surface area contributed by atoms with E-state index in [1.165, 1.54) is 0 Å². The Hall–Kier alpha value is -2.36. The fraction of sp³-hybridized carbons (Fsp3) is 0.417. The Morgan fingerprint density at radius 2 is 2.14 bits per heavy atom. The molecule has 0 aromatic heterocycles. The summed E-state index contributed by atoms with van der Waals surface area (Å²) in [6, 6.07) is 1.98. The smallest absolute Gasteiger partial charge is 0.368 e. The number of hydrogen-bond donors (Lipinski definition) is 2. The lowest BCUT2D eigenvalue weighted by Gasteiger charge is -2.13. The average molecular weight is 319 g/mol. The van der Waals surface area contributed by atoms with Crippen LogP contribution < -0.4 is 10.9 Å². The number of nitro benzene ring substituents is 1. The second-order valence-corrected chi connectivity index (χ2v) is 4.60. The van der Waals surface area contributed by atoms with Crippen molar-refractivity contribution < 1.29 is 27.6 Å². The molecule has 7 nitrogen and oxygen atoms in total. The van der Waals surface area contributed by atoms with Crippen molar-refractivity contribution in [3.8, 4) is 0 Å². The highest BCUT2D eigenvalue weighted by atomic mass is 19.4. The first-order chi connectivity index (χ1) is 10.3. The molecule has 22 heavy (non-hydrogen) atoms. The van der Waals surface area contributed by atoms with Crippen LogP contribution in [0.4, 0.5) is 24.5 Å². The molecule has 0 spiro atoms. The number of nitrogens with zero attached hydrogens (tertiary/aromatic N) is 1. The topological polar surface area (TPSA) is 93.5 Å². The third-order valence-corrected chi connectivity index (χ3v) is 3.06. The summed E-state index contributed by atoms with van der Waals surface area (Å²) in [6.45, 7) is 0.443. The molecule has 2 rings (SSSR count). The zero-order valence-electron chi connectivity index (χ0n) is 11.1. The van der Waals surface area contributed by atoms with Crippen molar-refractivity contribution in [1.29, 1.82) is 0 Å². The molecule has 10 heteroatoms. The third-order valence-electron chi connectivity index (χ3n) is 3.06. The molecule has 1 fully saturated rings. The van der Waals surface area contributed by atoms with Crippen LogP contribution in [0.15, 0.2) is 18.2 Å². The zero-order chi connectivity index (χ0) is 16.3. The summed E-state index contributed by atoms with van der Waals surface area (Å²) < 4.78 is 42.8. The predicted molar refractivity (Wildman–Crippen MR) is 68.8 cm³/mol. The lowest BCUT2D eigenvalue weighted by molar-refractivity contribution is -0.384. The van der Waals surface area contributed by atoms with Gasteiger partial charge in [-0.1, -0.05) is 0 Å². The SMILES string of the molecule is O=C(NNc1ccc(C(F)(F)F)cc1[N+](=O)[O-])[C@@H]1CCCO1. The molecule has 0 aliphatic carbocycles. The van der Waals surface area contributed by atoms with E-state index < -0.39 is 34.4 Å². The standard InChI is InChI=1S/C12H12F3N3O4/c13-12(14,15)7-3-4-8(9(6-7)18(20)21)16-17-11(19)10-2-1-5-22-10/h3-4,6,10,16H,1-2,5H2,(H,17,19)/t10-/m0/s1. The summed E-state index contributed by atoms with van der Waals surface area (Å²) in [7, 11) is 0. The minimum atomic E-state index is -4.69. The molecule has 1 amide bonds. The number of benzene rings is 1. The van der Waals surface area contributed by atoms with Gasteiger partial charge >= 0.3 is 6.18 Å². The van der Waals surface area contributed by atoms with Gasteiger partial charge < -0.3 is 4.74 Å².